The molecule has 0 N–H and O–H groups in total. The number of furan rings is 1. The lowest BCUT2D eigenvalue weighted by Gasteiger charge is -2.28. The highest BCUT2D eigenvalue weighted by Gasteiger charge is 2.36. The van der Waals surface area contributed by atoms with E-state index < -0.39 is 15.9 Å². The quantitative estimate of drug-likeness (QED) is 0.805. The lowest BCUT2D eigenvalue weighted by Crippen LogP contribution is -2.40. The largest absolute Gasteiger partial charge is 0.467 e. The van der Waals surface area contributed by atoms with Crippen LogP contribution in [0.25, 0.3) is 0 Å². The van der Waals surface area contributed by atoms with E-state index in [-0.39, 0.29) is 34.5 Å². The zero-order chi connectivity index (χ0) is 17.3. The average molecular weight is 388 g/mol. The van der Waals surface area contributed by atoms with E-state index in [2.05, 4.69) is 0 Å². The van der Waals surface area contributed by atoms with Crippen molar-refractivity contribution in [3.63, 3.8) is 0 Å². The number of nitrogens with zero attached hydrogens (tertiary/aromatic N) is 1. The van der Waals surface area contributed by atoms with E-state index in [1.807, 2.05) is 0 Å². The van der Waals surface area contributed by atoms with Crippen LogP contribution in [-0.2, 0) is 16.4 Å². The molecule has 2 aromatic rings. The van der Waals surface area contributed by atoms with Gasteiger partial charge in [0.15, 0.2) is 9.84 Å². The fraction of sp³-hybridized carbons (Fsp3) is 0.312. The Hall–Kier alpha value is -1.50. The highest BCUT2D eigenvalue weighted by molar-refractivity contribution is 7.91. The van der Waals surface area contributed by atoms with E-state index in [9.17, 15) is 13.2 Å². The molecule has 1 unspecified atom stereocenters. The van der Waals surface area contributed by atoms with Crippen LogP contribution in [0.5, 0.6) is 0 Å². The van der Waals surface area contributed by atoms with Gasteiger partial charge in [0.1, 0.15) is 5.76 Å². The molecule has 24 heavy (non-hydrogen) atoms. The minimum atomic E-state index is -3.13. The Kier molecular flexibility index (Phi) is 4.90. The third kappa shape index (κ3) is 3.77. The molecule has 1 aliphatic heterocycles. The van der Waals surface area contributed by atoms with Crippen LogP contribution >= 0.6 is 23.2 Å². The van der Waals surface area contributed by atoms with Crippen molar-refractivity contribution < 1.29 is 17.6 Å². The fourth-order valence-corrected chi connectivity index (χ4v) is 5.00. The number of amides is 1. The molecule has 0 radical (unpaired) electrons. The number of carbonyl (C=O) groups excluding carboxylic acids is 1. The Morgan fingerprint density at radius 3 is 2.67 bits per heavy atom. The van der Waals surface area contributed by atoms with Gasteiger partial charge in [-0.25, -0.2) is 8.42 Å². The first-order valence-corrected chi connectivity index (χ1v) is 9.92. The maximum atomic E-state index is 13.0. The summed E-state index contributed by atoms with van der Waals surface area (Å²) in [7, 11) is -3.13. The van der Waals surface area contributed by atoms with Crippen LogP contribution in [0.2, 0.25) is 10.0 Å². The van der Waals surface area contributed by atoms with Crippen LogP contribution < -0.4 is 0 Å². The first-order valence-electron chi connectivity index (χ1n) is 7.34. The van der Waals surface area contributed by atoms with E-state index in [0.29, 0.717) is 17.2 Å². The summed E-state index contributed by atoms with van der Waals surface area (Å²) in [5.41, 5.74) is 0.289. The lowest BCUT2D eigenvalue weighted by atomic mass is 10.1. The first-order chi connectivity index (χ1) is 11.4. The van der Waals surface area contributed by atoms with Gasteiger partial charge in [0, 0.05) is 11.1 Å². The van der Waals surface area contributed by atoms with Crippen LogP contribution in [0.15, 0.2) is 41.0 Å². The third-order valence-corrected chi connectivity index (χ3v) is 6.28. The Labute approximate surface area is 150 Å². The van der Waals surface area contributed by atoms with E-state index in [4.69, 9.17) is 27.6 Å². The summed E-state index contributed by atoms with van der Waals surface area (Å²) in [6.45, 7) is 0.185. The van der Waals surface area contributed by atoms with Crippen LogP contribution in [-0.4, -0.2) is 36.8 Å². The molecule has 0 saturated carbocycles. The van der Waals surface area contributed by atoms with E-state index in [0.717, 1.165) is 0 Å². The van der Waals surface area contributed by atoms with Gasteiger partial charge in [-0.1, -0.05) is 23.2 Å². The topological polar surface area (TPSA) is 67.6 Å². The predicted octanol–water partition coefficient (Wildman–Crippen LogP) is 3.42. The lowest BCUT2D eigenvalue weighted by molar-refractivity contribution is 0.0666. The highest BCUT2D eigenvalue weighted by atomic mass is 35.5. The molecule has 1 saturated heterocycles. The summed E-state index contributed by atoms with van der Waals surface area (Å²) in [4.78, 5) is 14.5. The Morgan fingerprint density at radius 2 is 2.08 bits per heavy atom. The summed E-state index contributed by atoms with van der Waals surface area (Å²) in [6.07, 6.45) is 1.92. The molecular formula is C16H15Cl2NO4S. The normalized spacial score (nSPS) is 19.3. The first kappa shape index (κ1) is 17.3. The molecule has 1 fully saturated rings. The molecule has 2 heterocycles. The maximum Gasteiger partial charge on any atom is 0.256 e. The van der Waals surface area contributed by atoms with Crippen molar-refractivity contribution >= 4 is 38.9 Å². The molecule has 8 heteroatoms. The minimum Gasteiger partial charge on any atom is -0.467 e. The molecule has 1 aliphatic rings. The van der Waals surface area contributed by atoms with Crippen LogP contribution in [0.1, 0.15) is 22.5 Å². The second kappa shape index (κ2) is 6.78. The van der Waals surface area contributed by atoms with Gasteiger partial charge in [0.2, 0.25) is 0 Å². The number of benzene rings is 1. The summed E-state index contributed by atoms with van der Waals surface area (Å²) in [5, 5.41) is 0.662. The smallest absolute Gasteiger partial charge is 0.256 e. The molecule has 1 amide bonds. The molecule has 1 aromatic heterocycles. The van der Waals surface area contributed by atoms with Gasteiger partial charge in [-0.15, -0.1) is 0 Å². The summed E-state index contributed by atoms with van der Waals surface area (Å²) >= 11 is 12.0. The molecule has 1 aromatic carbocycles. The van der Waals surface area contributed by atoms with Crippen molar-refractivity contribution in [3.8, 4) is 0 Å². The molecule has 0 spiro atoms. The van der Waals surface area contributed by atoms with E-state index >= 15 is 0 Å². The highest BCUT2D eigenvalue weighted by Crippen LogP contribution is 2.27. The van der Waals surface area contributed by atoms with Gasteiger partial charge >= 0.3 is 0 Å². The molecule has 3 rings (SSSR count). The number of halogens is 2. The Bertz CT molecular complexity index is 849. The van der Waals surface area contributed by atoms with Gasteiger partial charge in [-0.3, -0.25) is 4.79 Å². The average Bonchev–Trinajstić information content (AvgIpc) is 3.13. The second-order valence-electron chi connectivity index (χ2n) is 5.69. The minimum absolute atomic E-state index is 0.0509. The second-order valence-corrected chi connectivity index (χ2v) is 8.77. The maximum absolute atomic E-state index is 13.0. The van der Waals surface area contributed by atoms with Crippen LogP contribution in [0.3, 0.4) is 0 Å². The molecular weight excluding hydrogens is 373 g/mol. The standard InChI is InChI=1S/C16H15Cl2NO4S/c17-11-3-4-14(15(18)8-11)16(20)19(9-13-2-1-6-23-13)12-5-7-24(21,22)10-12/h1-4,6,8,12H,5,7,9-10H2. The zero-order valence-electron chi connectivity index (χ0n) is 12.6. The Balaban J connectivity index is 1.92. The van der Waals surface area contributed by atoms with Crippen molar-refractivity contribution in [2.75, 3.05) is 11.5 Å². The monoisotopic (exact) mass is 387 g/mol. The summed E-state index contributed by atoms with van der Waals surface area (Å²) in [6, 6.07) is 7.68. The van der Waals surface area contributed by atoms with Crippen LogP contribution in [0.4, 0.5) is 0 Å². The molecule has 1 atom stereocenters. The molecule has 128 valence electrons. The van der Waals surface area contributed by atoms with Gasteiger partial charge < -0.3 is 9.32 Å². The number of hydrogen-bond acceptors (Lipinski definition) is 4. The van der Waals surface area contributed by atoms with Gasteiger partial charge in [0.05, 0.1) is 34.9 Å². The van der Waals surface area contributed by atoms with Crippen LogP contribution in [0, 0.1) is 0 Å². The predicted molar refractivity (Wildman–Crippen MR) is 92.1 cm³/mol. The third-order valence-electron chi connectivity index (χ3n) is 3.98. The van der Waals surface area contributed by atoms with Gasteiger partial charge in [-0.2, -0.15) is 0 Å². The van der Waals surface area contributed by atoms with Crippen molar-refractivity contribution in [1.82, 2.24) is 4.90 Å². The van der Waals surface area contributed by atoms with Gasteiger partial charge in [0.25, 0.3) is 5.91 Å². The van der Waals surface area contributed by atoms with Gasteiger partial charge in [-0.05, 0) is 36.8 Å². The summed E-state index contributed by atoms with van der Waals surface area (Å²) < 4.78 is 28.9. The molecule has 0 aliphatic carbocycles. The van der Waals surface area contributed by atoms with E-state index in [1.165, 1.54) is 17.2 Å². The summed E-state index contributed by atoms with van der Waals surface area (Å²) in [5.74, 6) is 0.270. The van der Waals surface area contributed by atoms with Crippen molar-refractivity contribution in [2.24, 2.45) is 0 Å². The van der Waals surface area contributed by atoms with Crippen molar-refractivity contribution in [1.29, 1.82) is 0 Å². The fourth-order valence-electron chi connectivity index (χ4n) is 2.78. The van der Waals surface area contributed by atoms with Crippen molar-refractivity contribution in [2.45, 2.75) is 19.0 Å². The molecule has 0 bridgehead atoms. The number of carbonyl (C=O) groups is 1. The number of rotatable bonds is 4. The Morgan fingerprint density at radius 1 is 1.29 bits per heavy atom. The number of sulfone groups is 1. The molecule has 5 nitrogen and oxygen atoms in total. The van der Waals surface area contributed by atoms with E-state index in [1.54, 1.807) is 24.3 Å². The SMILES string of the molecule is O=C(c1ccc(Cl)cc1Cl)N(Cc1ccco1)C1CCS(=O)(=O)C1. The van der Waals surface area contributed by atoms with Crippen molar-refractivity contribution in [3.05, 3.63) is 58.0 Å². The zero-order valence-corrected chi connectivity index (χ0v) is 14.9. The number of hydrogen-bond donors (Lipinski definition) is 0.